The molecule has 0 spiro atoms. The lowest BCUT2D eigenvalue weighted by molar-refractivity contribution is -0.120. The Morgan fingerprint density at radius 1 is 1.06 bits per heavy atom. The molecule has 31 heavy (non-hydrogen) atoms. The van der Waals surface area contributed by atoms with Gasteiger partial charge in [0, 0.05) is 17.3 Å². The Labute approximate surface area is 190 Å². The molecule has 0 atom stereocenters. The fourth-order valence-electron chi connectivity index (χ4n) is 2.95. The summed E-state index contributed by atoms with van der Waals surface area (Å²) in [5.74, 6) is 0.600. The van der Waals surface area contributed by atoms with Crippen LogP contribution in [0.2, 0.25) is 5.02 Å². The predicted molar refractivity (Wildman–Crippen MR) is 123 cm³/mol. The molecule has 3 aromatic rings. The molecule has 0 saturated heterocycles. The first kappa shape index (κ1) is 22.8. The van der Waals surface area contributed by atoms with Crippen molar-refractivity contribution < 1.29 is 9.59 Å². The second-order valence-corrected chi connectivity index (χ2v) is 8.18. The fraction of sp³-hybridized carbons (Fsp3) is 0.273. The molecule has 1 aromatic heterocycles. The van der Waals surface area contributed by atoms with Gasteiger partial charge in [-0.3, -0.25) is 9.59 Å². The van der Waals surface area contributed by atoms with E-state index in [9.17, 15) is 9.59 Å². The van der Waals surface area contributed by atoms with Gasteiger partial charge in [-0.25, -0.2) is 0 Å². The molecule has 0 aliphatic carbocycles. The summed E-state index contributed by atoms with van der Waals surface area (Å²) in [6, 6.07) is 15.0. The number of anilines is 1. The molecule has 1 heterocycles. The van der Waals surface area contributed by atoms with E-state index in [1.165, 1.54) is 11.8 Å². The van der Waals surface area contributed by atoms with Crippen LogP contribution in [0.3, 0.4) is 0 Å². The molecular weight excluding hydrogens is 434 g/mol. The van der Waals surface area contributed by atoms with E-state index in [4.69, 9.17) is 11.6 Å². The van der Waals surface area contributed by atoms with Gasteiger partial charge in [0.15, 0.2) is 11.0 Å². The Bertz CT molecular complexity index is 1060. The Morgan fingerprint density at radius 3 is 2.58 bits per heavy atom. The number of carbonyl (C=O) groups excluding carboxylic acids is 2. The lowest BCUT2D eigenvalue weighted by Gasteiger charge is -2.10. The molecule has 0 unspecified atom stereocenters. The van der Waals surface area contributed by atoms with Crippen molar-refractivity contribution >= 4 is 40.9 Å². The molecule has 2 N–H and O–H groups in total. The normalized spacial score (nSPS) is 10.7. The maximum absolute atomic E-state index is 12.4. The van der Waals surface area contributed by atoms with Crippen LogP contribution >= 0.6 is 23.4 Å². The molecule has 0 saturated carbocycles. The van der Waals surface area contributed by atoms with Crippen molar-refractivity contribution in [2.45, 2.75) is 38.5 Å². The number of hydrogen-bond acceptors (Lipinski definition) is 5. The van der Waals surface area contributed by atoms with E-state index in [0.717, 1.165) is 11.1 Å². The smallest absolute Gasteiger partial charge is 0.234 e. The second kappa shape index (κ2) is 11.0. The van der Waals surface area contributed by atoms with Crippen molar-refractivity contribution in [2.24, 2.45) is 0 Å². The molecule has 0 bridgehead atoms. The maximum atomic E-state index is 12.4. The molecule has 0 fully saturated rings. The first-order valence-corrected chi connectivity index (χ1v) is 11.2. The summed E-state index contributed by atoms with van der Waals surface area (Å²) in [5.41, 5.74) is 2.47. The number of aromatic nitrogens is 3. The summed E-state index contributed by atoms with van der Waals surface area (Å²) >= 11 is 7.40. The topological polar surface area (TPSA) is 88.9 Å². The number of hydrogen-bond donors (Lipinski definition) is 2. The summed E-state index contributed by atoms with van der Waals surface area (Å²) in [5, 5.41) is 15.4. The SMILES string of the molecule is CCn1c(CNC(=O)Cc2ccccc2)nnc1SCC(=O)Nc1cccc(Cl)c1C. The number of benzene rings is 2. The van der Waals surface area contributed by atoms with E-state index < -0.39 is 0 Å². The highest BCUT2D eigenvalue weighted by molar-refractivity contribution is 7.99. The average molecular weight is 458 g/mol. The van der Waals surface area contributed by atoms with Gasteiger partial charge in [-0.05, 0) is 37.1 Å². The molecule has 3 rings (SSSR count). The van der Waals surface area contributed by atoms with Gasteiger partial charge in [0.25, 0.3) is 0 Å². The molecule has 162 valence electrons. The molecular formula is C22H24ClN5O2S. The standard InChI is InChI=1S/C22H24ClN5O2S/c1-3-28-19(13-24-20(29)12-16-8-5-4-6-9-16)26-27-22(28)31-14-21(30)25-18-11-7-10-17(23)15(18)2/h4-11H,3,12-14H2,1-2H3,(H,24,29)(H,25,30). The lowest BCUT2D eigenvalue weighted by Crippen LogP contribution is -2.26. The number of thioether (sulfide) groups is 1. The summed E-state index contributed by atoms with van der Waals surface area (Å²) < 4.78 is 1.89. The van der Waals surface area contributed by atoms with Crippen LogP contribution in [0.1, 0.15) is 23.9 Å². The van der Waals surface area contributed by atoms with Gasteiger partial charge < -0.3 is 15.2 Å². The molecule has 9 heteroatoms. The number of halogens is 1. The Balaban J connectivity index is 1.54. The third-order valence-electron chi connectivity index (χ3n) is 4.64. The molecule has 0 aliphatic heterocycles. The van der Waals surface area contributed by atoms with E-state index in [1.807, 2.05) is 54.8 Å². The van der Waals surface area contributed by atoms with Crippen LogP contribution in [0.5, 0.6) is 0 Å². The van der Waals surface area contributed by atoms with Crippen molar-refractivity contribution in [1.82, 2.24) is 20.1 Å². The van der Waals surface area contributed by atoms with Gasteiger partial charge >= 0.3 is 0 Å². The minimum atomic E-state index is -0.154. The zero-order valence-corrected chi connectivity index (χ0v) is 19.0. The van der Waals surface area contributed by atoms with Crippen LogP contribution in [-0.4, -0.2) is 32.3 Å². The summed E-state index contributed by atoms with van der Waals surface area (Å²) in [4.78, 5) is 24.6. The van der Waals surface area contributed by atoms with Crippen LogP contribution in [0.4, 0.5) is 5.69 Å². The van der Waals surface area contributed by atoms with Crippen LogP contribution in [0, 0.1) is 6.92 Å². The first-order valence-electron chi connectivity index (χ1n) is 9.88. The Morgan fingerprint density at radius 2 is 1.84 bits per heavy atom. The monoisotopic (exact) mass is 457 g/mol. The van der Waals surface area contributed by atoms with Crippen molar-refractivity contribution in [3.8, 4) is 0 Å². The third kappa shape index (κ3) is 6.32. The van der Waals surface area contributed by atoms with Crippen molar-refractivity contribution in [3.05, 3.63) is 70.5 Å². The van der Waals surface area contributed by atoms with E-state index in [0.29, 0.717) is 34.7 Å². The quantitative estimate of drug-likeness (QED) is 0.476. The van der Waals surface area contributed by atoms with E-state index >= 15 is 0 Å². The number of nitrogens with one attached hydrogen (secondary N) is 2. The largest absolute Gasteiger partial charge is 0.349 e. The molecule has 7 nitrogen and oxygen atoms in total. The molecule has 2 amide bonds. The van der Waals surface area contributed by atoms with E-state index in [2.05, 4.69) is 20.8 Å². The predicted octanol–water partition coefficient (Wildman–Crippen LogP) is 3.85. The van der Waals surface area contributed by atoms with Crippen LogP contribution in [-0.2, 0) is 29.1 Å². The van der Waals surface area contributed by atoms with Crippen LogP contribution in [0.25, 0.3) is 0 Å². The highest BCUT2D eigenvalue weighted by atomic mass is 35.5. The first-order chi connectivity index (χ1) is 15.0. The maximum Gasteiger partial charge on any atom is 0.234 e. The summed E-state index contributed by atoms with van der Waals surface area (Å²) in [6.07, 6.45) is 0.311. The van der Waals surface area contributed by atoms with Gasteiger partial charge in [-0.2, -0.15) is 0 Å². The highest BCUT2D eigenvalue weighted by Gasteiger charge is 2.15. The minimum absolute atomic E-state index is 0.0812. The Kier molecular flexibility index (Phi) is 8.08. The third-order valence-corrected chi connectivity index (χ3v) is 6.01. The van der Waals surface area contributed by atoms with Crippen LogP contribution < -0.4 is 10.6 Å². The van der Waals surface area contributed by atoms with Gasteiger partial charge in [0.1, 0.15) is 0 Å². The van der Waals surface area contributed by atoms with Gasteiger partial charge in [0.05, 0.1) is 18.7 Å². The minimum Gasteiger partial charge on any atom is -0.349 e. The number of amides is 2. The average Bonchev–Trinajstić information content (AvgIpc) is 3.16. The van der Waals surface area contributed by atoms with Crippen molar-refractivity contribution in [3.63, 3.8) is 0 Å². The van der Waals surface area contributed by atoms with Gasteiger partial charge in [0.2, 0.25) is 11.8 Å². The van der Waals surface area contributed by atoms with Gasteiger partial charge in [-0.15, -0.1) is 10.2 Å². The Hall–Kier alpha value is -2.84. The highest BCUT2D eigenvalue weighted by Crippen LogP contribution is 2.24. The van der Waals surface area contributed by atoms with Crippen molar-refractivity contribution in [1.29, 1.82) is 0 Å². The zero-order chi connectivity index (χ0) is 22.2. The van der Waals surface area contributed by atoms with Crippen LogP contribution in [0.15, 0.2) is 53.7 Å². The lowest BCUT2D eigenvalue weighted by atomic mass is 10.1. The fourth-order valence-corrected chi connectivity index (χ4v) is 3.95. The second-order valence-electron chi connectivity index (χ2n) is 6.83. The van der Waals surface area contributed by atoms with Gasteiger partial charge in [-0.1, -0.05) is 59.8 Å². The number of rotatable bonds is 9. The van der Waals surface area contributed by atoms with E-state index in [-0.39, 0.29) is 24.1 Å². The molecule has 0 radical (unpaired) electrons. The zero-order valence-electron chi connectivity index (χ0n) is 17.4. The number of nitrogens with zero attached hydrogens (tertiary/aromatic N) is 3. The summed E-state index contributed by atoms with van der Waals surface area (Å²) in [6.45, 7) is 4.74. The molecule has 0 aliphatic rings. The van der Waals surface area contributed by atoms with E-state index in [1.54, 1.807) is 12.1 Å². The number of carbonyl (C=O) groups is 2. The summed E-state index contributed by atoms with van der Waals surface area (Å²) in [7, 11) is 0. The van der Waals surface area contributed by atoms with Crippen molar-refractivity contribution in [2.75, 3.05) is 11.1 Å². The molecule has 2 aromatic carbocycles.